The minimum absolute atomic E-state index is 0.0452. The van der Waals surface area contributed by atoms with Gasteiger partial charge >= 0.3 is 6.61 Å². The van der Waals surface area contributed by atoms with E-state index in [1.54, 1.807) is 24.3 Å². The van der Waals surface area contributed by atoms with E-state index >= 15 is 0 Å². The van der Waals surface area contributed by atoms with Crippen LogP contribution in [-0.4, -0.2) is 26.6 Å². The molecule has 0 N–H and O–H groups in total. The molecule has 2 aromatic rings. The van der Waals surface area contributed by atoms with Crippen molar-refractivity contribution in [2.75, 3.05) is 14.2 Å². The predicted octanol–water partition coefficient (Wildman–Crippen LogP) is 4.85. The van der Waals surface area contributed by atoms with Crippen LogP contribution in [0.5, 0.6) is 17.2 Å². The summed E-state index contributed by atoms with van der Waals surface area (Å²) in [5.74, 6) is 0.208. The fraction of sp³-hybridized carbons (Fsp3) is 0.167. The van der Waals surface area contributed by atoms with Gasteiger partial charge in [0.1, 0.15) is 5.75 Å². The number of carbonyl (C=O) groups is 1. The Hall–Kier alpha value is -2.60. The van der Waals surface area contributed by atoms with Gasteiger partial charge in [0, 0.05) is 5.56 Å². The molecule has 0 fully saturated rings. The Morgan fingerprint density at radius 2 is 1.80 bits per heavy atom. The second-order valence-corrected chi connectivity index (χ2v) is 5.25. The summed E-state index contributed by atoms with van der Waals surface area (Å²) >= 11 is 5.95. The highest BCUT2D eigenvalue weighted by molar-refractivity contribution is 6.32. The highest BCUT2D eigenvalue weighted by Gasteiger charge is 2.15. The number of benzene rings is 2. The second kappa shape index (κ2) is 8.48. The molecule has 0 spiro atoms. The van der Waals surface area contributed by atoms with Gasteiger partial charge in [-0.25, -0.2) is 0 Å². The minimum Gasteiger partial charge on any atom is -0.497 e. The number of alkyl halides is 2. The van der Waals surface area contributed by atoms with E-state index in [0.29, 0.717) is 16.9 Å². The van der Waals surface area contributed by atoms with Gasteiger partial charge in [0.05, 0.1) is 19.2 Å². The normalized spacial score (nSPS) is 11.0. The van der Waals surface area contributed by atoms with Crippen molar-refractivity contribution in [3.8, 4) is 17.2 Å². The molecule has 0 unspecified atom stereocenters. The molecule has 7 heteroatoms. The average molecular weight is 369 g/mol. The molecule has 0 saturated carbocycles. The monoisotopic (exact) mass is 368 g/mol. The molecule has 0 aliphatic heterocycles. The molecular weight excluding hydrogens is 354 g/mol. The zero-order valence-electron chi connectivity index (χ0n) is 13.5. The second-order valence-electron chi connectivity index (χ2n) is 4.84. The van der Waals surface area contributed by atoms with Crippen molar-refractivity contribution in [2.45, 2.75) is 6.61 Å². The number of halogens is 3. The van der Waals surface area contributed by atoms with Crippen LogP contribution in [0.3, 0.4) is 0 Å². The summed E-state index contributed by atoms with van der Waals surface area (Å²) in [6.45, 7) is -3.02. The maximum atomic E-state index is 12.4. The maximum absolute atomic E-state index is 12.4. The van der Waals surface area contributed by atoms with Gasteiger partial charge in [-0.05, 0) is 48.0 Å². The van der Waals surface area contributed by atoms with Gasteiger partial charge in [-0.2, -0.15) is 8.78 Å². The van der Waals surface area contributed by atoms with Crippen LogP contribution in [0, 0.1) is 0 Å². The molecule has 0 heterocycles. The van der Waals surface area contributed by atoms with Gasteiger partial charge in [-0.1, -0.05) is 17.7 Å². The van der Waals surface area contributed by atoms with Gasteiger partial charge in [0.15, 0.2) is 17.3 Å². The van der Waals surface area contributed by atoms with E-state index in [4.69, 9.17) is 21.1 Å². The predicted molar refractivity (Wildman–Crippen MR) is 91.0 cm³/mol. The van der Waals surface area contributed by atoms with Crippen LogP contribution >= 0.6 is 11.6 Å². The molecule has 4 nitrogen and oxygen atoms in total. The number of ether oxygens (including phenoxy) is 3. The average Bonchev–Trinajstić information content (AvgIpc) is 2.61. The fourth-order valence-corrected chi connectivity index (χ4v) is 2.33. The summed E-state index contributed by atoms with van der Waals surface area (Å²) in [5.41, 5.74) is 0.984. The third kappa shape index (κ3) is 4.93. The summed E-state index contributed by atoms with van der Waals surface area (Å²) in [6, 6.07) is 9.48. The van der Waals surface area contributed by atoms with Gasteiger partial charge in [0.25, 0.3) is 0 Å². The standard InChI is InChI=1S/C18H15ClF2O4/c1-23-13-6-4-12(5-7-13)15(22)8-3-11-9-14(19)17(25-18(20)21)16(10-11)24-2/h3-10,18H,1-2H3/b8-3+. The molecule has 2 rings (SSSR count). The Balaban J connectivity index is 2.22. The number of carbonyl (C=O) groups excluding carboxylic acids is 1. The lowest BCUT2D eigenvalue weighted by atomic mass is 10.1. The summed E-state index contributed by atoms with van der Waals surface area (Å²) in [7, 11) is 2.84. The molecule has 0 amide bonds. The lowest BCUT2D eigenvalue weighted by molar-refractivity contribution is -0.0511. The number of allylic oxidation sites excluding steroid dienone is 1. The number of hydrogen-bond acceptors (Lipinski definition) is 4. The Bertz CT molecular complexity index is 773. The van der Waals surface area contributed by atoms with Crippen molar-refractivity contribution < 1.29 is 27.8 Å². The third-order valence-electron chi connectivity index (χ3n) is 3.26. The smallest absolute Gasteiger partial charge is 0.387 e. The first-order valence-corrected chi connectivity index (χ1v) is 7.51. The van der Waals surface area contributed by atoms with Crippen molar-refractivity contribution in [2.24, 2.45) is 0 Å². The summed E-state index contributed by atoms with van der Waals surface area (Å²) in [5, 5.41) is -0.0452. The SMILES string of the molecule is COc1ccc(C(=O)/C=C/c2cc(Cl)c(OC(F)F)c(OC)c2)cc1. The first-order chi connectivity index (χ1) is 11.9. The van der Waals surface area contributed by atoms with E-state index in [0.717, 1.165) is 0 Å². The van der Waals surface area contributed by atoms with Gasteiger partial charge in [-0.15, -0.1) is 0 Å². The Labute approximate surface area is 148 Å². The van der Waals surface area contributed by atoms with E-state index in [-0.39, 0.29) is 22.3 Å². The van der Waals surface area contributed by atoms with Crippen LogP contribution in [0.25, 0.3) is 6.08 Å². The molecule has 0 aromatic heterocycles. The molecule has 0 radical (unpaired) electrons. The van der Waals surface area contributed by atoms with E-state index in [1.165, 1.54) is 38.5 Å². The Morgan fingerprint density at radius 1 is 1.12 bits per heavy atom. The van der Waals surface area contributed by atoms with Crippen LogP contribution in [0.2, 0.25) is 5.02 Å². The number of rotatable bonds is 7. The van der Waals surface area contributed by atoms with Crippen LogP contribution in [0.1, 0.15) is 15.9 Å². The van der Waals surface area contributed by atoms with Crippen molar-refractivity contribution in [3.05, 3.63) is 58.6 Å². The van der Waals surface area contributed by atoms with Crippen LogP contribution in [-0.2, 0) is 0 Å². The molecule has 2 aromatic carbocycles. The number of methoxy groups -OCH3 is 2. The summed E-state index contributed by atoms with van der Waals surface area (Å²) < 4.78 is 39.2. The lowest BCUT2D eigenvalue weighted by Crippen LogP contribution is -2.04. The molecule has 0 saturated heterocycles. The molecule has 132 valence electrons. The van der Waals surface area contributed by atoms with Crippen LogP contribution in [0.4, 0.5) is 8.78 Å². The highest BCUT2D eigenvalue weighted by atomic mass is 35.5. The quantitative estimate of drug-likeness (QED) is 0.517. The number of ketones is 1. The zero-order chi connectivity index (χ0) is 18.4. The van der Waals surface area contributed by atoms with Gasteiger partial charge in [0.2, 0.25) is 0 Å². The van der Waals surface area contributed by atoms with Crippen molar-refractivity contribution >= 4 is 23.5 Å². The maximum Gasteiger partial charge on any atom is 0.387 e. The molecule has 0 aliphatic rings. The third-order valence-corrected chi connectivity index (χ3v) is 3.54. The first-order valence-electron chi connectivity index (χ1n) is 7.13. The molecule has 25 heavy (non-hydrogen) atoms. The molecule has 0 aliphatic carbocycles. The van der Waals surface area contributed by atoms with Gasteiger partial charge in [-0.3, -0.25) is 4.79 Å². The Morgan fingerprint density at radius 3 is 2.36 bits per heavy atom. The van der Waals surface area contributed by atoms with E-state index in [9.17, 15) is 13.6 Å². The number of hydrogen-bond donors (Lipinski definition) is 0. The topological polar surface area (TPSA) is 44.8 Å². The van der Waals surface area contributed by atoms with Crippen molar-refractivity contribution in [1.82, 2.24) is 0 Å². The largest absolute Gasteiger partial charge is 0.497 e. The van der Waals surface area contributed by atoms with Gasteiger partial charge < -0.3 is 14.2 Å². The Kier molecular flexibility index (Phi) is 6.36. The van der Waals surface area contributed by atoms with Crippen molar-refractivity contribution in [1.29, 1.82) is 0 Å². The zero-order valence-corrected chi connectivity index (χ0v) is 14.2. The molecule has 0 bridgehead atoms. The molecule has 0 atom stereocenters. The fourth-order valence-electron chi connectivity index (χ4n) is 2.06. The van der Waals surface area contributed by atoms with Crippen LogP contribution in [0.15, 0.2) is 42.5 Å². The van der Waals surface area contributed by atoms with E-state index in [1.807, 2.05) is 0 Å². The van der Waals surface area contributed by atoms with Crippen LogP contribution < -0.4 is 14.2 Å². The summed E-state index contributed by atoms with van der Waals surface area (Å²) in [4.78, 5) is 12.2. The minimum atomic E-state index is -3.02. The highest BCUT2D eigenvalue weighted by Crippen LogP contribution is 2.37. The van der Waals surface area contributed by atoms with E-state index in [2.05, 4.69) is 4.74 Å². The molecular formula is C18H15ClF2O4. The first kappa shape index (κ1) is 18.7. The van der Waals surface area contributed by atoms with Crippen molar-refractivity contribution in [3.63, 3.8) is 0 Å². The summed E-state index contributed by atoms with van der Waals surface area (Å²) in [6.07, 6.45) is 2.85. The lowest BCUT2D eigenvalue weighted by Gasteiger charge is -2.12. The van der Waals surface area contributed by atoms with E-state index < -0.39 is 6.61 Å².